The van der Waals surface area contributed by atoms with Crippen LogP contribution >= 0.6 is 11.6 Å². The first-order valence-corrected chi connectivity index (χ1v) is 6.96. The molecule has 1 aliphatic rings. The van der Waals surface area contributed by atoms with Gasteiger partial charge in [-0.3, -0.25) is 4.79 Å². The molecule has 3 nitrogen and oxygen atoms in total. The van der Waals surface area contributed by atoms with E-state index in [0.717, 1.165) is 25.7 Å². The summed E-state index contributed by atoms with van der Waals surface area (Å²) in [5, 5.41) is 6.08. The maximum atomic E-state index is 13.6. The Morgan fingerprint density at radius 2 is 2.11 bits per heavy atom. The molecule has 104 valence electrons. The highest BCUT2D eigenvalue weighted by molar-refractivity contribution is 6.33. The monoisotopic (exact) mass is 284 g/mol. The molecule has 1 atom stereocenters. The highest BCUT2D eigenvalue weighted by Gasteiger charge is 2.21. The first-order chi connectivity index (χ1) is 9.08. The Bertz CT molecular complexity index is 441. The van der Waals surface area contributed by atoms with Gasteiger partial charge in [-0.2, -0.15) is 0 Å². The second kappa shape index (κ2) is 6.24. The molecule has 1 amide bonds. The Morgan fingerprint density at radius 1 is 1.42 bits per heavy atom. The smallest absolute Gasteiger partial charge is 0.242 e. The summed E-state index contributed by atoms with van der Waals surface area (Å²) < 4.78 is 13.6. The minimum Gasteiger partial charge on any atom is -0.370 e. The molecule has 0 heterocycles. The molecule has 1 fully saturated rings. The largest absolute Gasteiger partial charge is 0.370 e. The van der Waals surface area contributed by atoms with E-state index in [4.69, 9.17) is 11.6 Å². The predicted octanol–water partition coefficient (Wildman–Crippen LogP) is 3.34. The maximum Gasteiger partial charge on any atom is 0.242 e. The number of rotatable bonds is 4. The van der Waals surface area contributed by atoms with Gasteiger partial charge in [0.1, 0.15) is 11.9 Å². The summed E-state index contributed by atoms with van der Waals surface area (Å²) in [7, 11) is 0. The van der Waals surface area contributed by atoms with Crippen molar-refractivity contribution < 1.29 is 9.18 Å². The van der Waals surface area contributed by atoms with Crippen molar-refractivity contribution in [2.45, 2.75) is 44.7 Å². The van der Waals surface area contributed by atoms with Crippen molar-refractivity contribution in [3.63, 3.8) is 0 Å². The van der Waals surface area contributed by atoms with Gasteiger partial charge in [-0.05, 0) is 31.9 Å². The van der Waals surface area contributed by atoms with E-state index in [1.165, 1.54) is 12.1 Å². The number of hydrogen-bond acceptors (Lipinski definition) is 2. The van der Waals surface area contributed by atoms with Crippen LogP contribution in [0.25, 0.3) is 0 Å². The summed E-state index contributed by atoms with van der Waals surface area (Å²) in [4.78, 5) is 12.0. The molecule has 19 heavy (non-hydrogen) atoms. The molecule has 0 aliphatic heterocycles. The fraction of sp³-hybridized carbons (Fsp3) is 0.500. The van der Waals surface area contributed by atoms with Crippen molar-refractivity contribution in [1.29, 1.82) is 0 Å². The Kier molecular flexibility index (Phi) is 4.64. The zero-order valence-electron chi connectivity index (χ0n) is 10.9. The lowest BCUT2D eigenvalue weighted by atomic mass is 10.2. The van der Waals surface area contributed by atoms with Crippen LogP contribution in [0, 0.1) is 5.82 Å². The topological polar surface area (TPSA) is 41.1 Å². The van der Waals surface area contributed by atoms with Crippen LogP contribution in [0.3, 0.4) is 0 Å². The number of carbonyl (C=O) groups excluding carboxylic acids is 1. The van der Waals surface area contributed by atoms with Crippen molar-refractivity contribution >= 4 is 23.2 Å². The van der Waals surface area contributed by atoms with Gasteiger partial charge >= 0.3 is 0 Å². The third kappa shape index (κ3) is 3.60. The molecule has 2 N–H and O–H groups in total. The molecule has 0 radical (unpaired) electrons. The number of hydrogen-bond donors (Lipinski definition) is 2. The Hall–Kier alpha value is -1.29. The SMILES string of the molecule is CC(Nc1c(F)cccc1Cl)C(=O)NC1CCCC1. The lowest BCUT2D eigenvalue weighted by Crippen LogP contribution is -2.42. The first kappa shape index (κ1) is 14.1. The summed E-state index contributed by atoms with van der Waals surface area (Å²) >= 11 is 5.91. The average Bonchev–Trinajstić information content (AvgIpc) is 2.86. The summed E-state index contributed by atoms with van der Waals surface area (Å²) in [6.45, 7) is 1.70. The molecule has 0 saturated heterocycles. The van der Waals surface area contributed by atoms with E-state index in [9.17, 15) is 9.18 Å². The molecule has 1 saturated carbocycles. The average molecular weight is 285 g/mol. The third-order valence-corrected chi connectivity index (χ3v) is 3.73. The fourth-order valence-corrected chi connectivity index (χ4v) is 2.53. The zero-order valence-corrected chi connectivity index (χ0v) is 11.6. The normalized spacial score (nSPS) is 17.2. The van der Waals surface area contributed by atoms with Crippen molar-refractivity contribution in [2.75, 3.05) is 5.32 Å². The standard InChI is InChI=1S/C14H18ClFN2O/c1-9(14(19)18-10-5-2-3-6-10)17-13-11(15)7-4-8-12(13)16/h4,7-10,17H,2-3,5-6H2,1H3,(H,18,19). The van der Waals surface area contributed by atoms with Crippen LogP contribution < -0.4 is 10.6 Å². The molecule has 0 bridgehead atoms. The first-order valence-electron chi connectivity index (χ1n) is 6.59. The van der Waals surface area contributed by atoms with Crippen molar-refractivity contribution in [1.82, 2.24) is 5.32 Å². The van der Waals surface area contributed by atoms with E-state index < -0.39 is 11.9 Å². The molecule has 2 rings (SSSR count). The fourth-order valence-electron chi connectivity index (χ4n) is 2.31. The summed E-state index contributed by atoms with van der Waals surface area (Å²) in [5.41, 5.74) is 0.179. The molecular formula is C14H18ClFN2O. The van der Waals surface area contributed by atoms with Gasteiger partial charge in [0.2, 0.25) is 5.91 Å². The molecule has 1 aromatic carbocycles. The van der Waals surface area contributed by atoms with Crippen LogP contribution in [0.15, 0.2) is 18.2 Å². The van der Waals surface area contributed by atoms with E-state index in [-0.39, 0.29) is 22.7 Å². The number of nitrogens with one attached hydrogen (secondary N) is 2. The molecule has 0 aromatic heterocycles. The molecule has 1 aliphatic carbocycles. The summed E-state index contributed by atoms with van der Waals surface area (Å²) in [6, 6.07) is 4.18. The van der Waals surface area contributed by atoms with Crippen molar-refractivity contribution in [2.24, 2.45) is 0 Å². The van der Waals surface area contributed by atoms with Gasteiger partial charge < -0.3 is 10.6 Å². The number of carbonyl (C=O) groups is 1. The minimum atomic E-state index is -0.519. The quantitative estimate of drug-likeness (QED) is 0.890. The van der Waals surface area contributed by atoms with E-state index in [0.29, 0.717) is 0 Å². The van der Waals surface area contributed by atoms with Crippen LogP contribution in [0.2, 0.25) is 5.02 Å². The van der Waals surface area contributed by atoms with Crippen LogP contribution in [0.4, 0.5) is 10.1 Å². The summed E-state index contributed by atoms with van der Waals surface area (Å²) in [5.74, 6) is -0.570. The van der Waals surface area contributed by atoms with Gasteiger partial charge in [-0.25, -0.2) is 4.39 Å². The number of para-hydroxylation sites is 1. The second-order valence-electron chi connectivity index (χ2n) is 4.95. The Labute approximate surface area is 117 Å². The van der Waals surface area contributed by atoms with E-state index in [1.54, 1.807) is 13.0 Å². The van der Waals surface area contributed by atoms with Crippen molar-refractivity contribution in [3.05, 3.63) is 29.0 Å². The number of amides is 1. The molecule has 1 aromatic rings. The lowest BCUT2D eigenvalue weighted by Gasteiger charge is -2.19. The lowest BCUT2D eigenvalue weighted by molar-refractivity contribution is -0.122. The zero-order chi connectivity index (χ0) is 13.8. The van der Waals surface area contributed by atoms with Gasteiger partial charge in [-0.15, -0.1) is 0 Å². The molecule has 1 unspecified atom stereocenters. The summed E-state index contributed by atoms with van der Waals surface area (Å²) in [6.07, 6.45) is 4.37. The number of benzene rings is 1. The highest BCUT2D eigenvalue weighted by atomic mass is 35.5. The van der Waals surface area contributed by atoms with Crippen LogP contribution in [0.1, 0.15) is 32.6 Å². The molecular weight excluding hydrogens is 267 g/mol. The van der Waals surface area contributed by atoms with E-state index in [1.807, 2.05) is 0 Å². The third-order valence-electron chi connectivity index (χ3n) is 3.42. The minimum absolute atomic E-state index is 0.119. The van der Waals surface area contributed by atoms with Gasteiger partial charge in [0.05, 0.1) is 10.7 Å². The molecule has 5 heteroatoms. The van der Waals surface area contributed by atoms with E-state index >= 15 is 0 Å². The van der Waals surface area contributed by atoms with Crippen LogP contribution in [0.5, 0.6) is 0 Å². The number of anilines is 1. The van der Waals surface area contributed by atoms with Crippen LogP contribution in [-0.4, -0.2) is 18.0 Å². The highest BCUT2D eigenvalue weighted by Crippen LogP contribution is 2.25. The van der Waals surface area contributed by atoms with Gasteiger partial charge in [-0.1, -0.05) is 30.5 Å². The predicted molar refractivity (Wildman–Crippen MR) is 74.9 cm³/mol. The number of halogens is 2. The second-order valence-corrected chi connectivity index (χ2v) is 5.36. The Balaban J connectivity index is 1.96. The van der Waals surface area contributed by atoms with Crippen LogP contribution in [-0.2, 0) is 4.79 Å². The van der Waals surface area contributed by atoms with Gasteiger partial charge in [0, 0.05) is 6.04 Å². The van der Waals surface area contributed by atoms with Gasteiger partial charge in [0.25, 0.3) is 0 Å². The Morgan fingerprint density at radius 3 is 2.74 bits per heavy atom. The molecule has 0 spiro atoms. The van der Waals surface area contributed by atoms with Crippen molar-refractivity contribution in [3.8, 4) is 0 Å². The van der Waals surface area contributed by atoms with E-state index in [2.05, 4.69) is 10.6 Å². The maximum absolute atomic E-state index is 13.6. The van der Waals surface area contributed by atoms with Gasteiger partial charge in [0.15, 0.2) is 0 Å².